The molecule has 0 radical (unpaired) electrons. The van der Waals surface area contributed by atoms with E-state index in [0.29, 0.717) is 22.6 Å². The first-order valence-corrected chi connectivity index (χ1v) is 15.2. The molecule has 4 rings (SSSR count). The van der Waals surface area contributed by atoms with Crippen LogP contribution in [0, 0.1) is 0 Å². The lowest BCUT2D eigenvalue weighted by atomic mass is 10.0. The average molecular weight is 578 g/mol. The van der Waals surface area contributed by atoms with Crippen molar-refractivity contribution >= 4 is 49.9 Å². The molecule has 7 nitrogen and oxygen atoms in total. The van der Waals surface area contributed by atoms with E-state index in [4.69, 9.17) is 11.6 Å². The van der Waals surface area contributed by atoms with Crippen LogP contribution in [0.4, 0.5) is 5.69 Å². The number of amides is 2. The van der Waals surface area contributed by atoms with Crippen molar-refractivity contribution in [3.8, 4) is 0 Å². The van der Waals surface area contributed by atoms with E-state index in [2.05, 4.69) is 5.32 Å². The van der Waals surface area contributed by atoms with Gasteiger partial charge in [0.1, 0.15) is 12.6 Å². The van der Waals surface area contributed by atoms with Gasteiger partial charge in [0.2, 0.25) is 21.8 Å². The van der Waals surface area contributed by atoms with Gasteiger partial charge in [-0.2, -0.15) is 0 Å². The lowest BCUT2D eigenvalue weighted by Crippen LogP contribution is -2.53. The number of sulfonamides is 1. The third-order valence-electron chi connectivity index (χ3n) is 6.58. The van der Waals surface area contributed by atoms with Gasteiger partial charge in [0.25, 0.3) is 0 Å². The van der Waals surface area contributed by atoms with E-state index in [1.807, 2.05) is 73.7 Å². The fourth-order valence-electron chi connectivity index (χ4n) is 4.70. The summed E-state index contributed by atoms with van der Waals surface area (Å²) in [5.41, 5.74) is 1.99. The quantitative estimate of drug-likeness (QED) is 0.271. The average Bonchev–Trinajstić information content (AvgIpc) is 2.93. The highest BCUT2D eigenvalue weighted by Gasteiger charge is 2.33. The monoisotopic (exact) mass is 577 g/mol. The third kappa shape index (κ3) is 7.20. The molecule has 0 aliphatic heterocycles. The number of hydrogen-bond donors (Lipinski definition) is 1. The molecule has 9 heteroatoms. The van der Waals surface area contributed by atoms with Crippen LogP contribution in [0.1, 0.15) is 18.1 Å². The second kappa shape index (κ2) is 13.0. The van der Waals surface area contributed by atoms with Crippen molar-refractivity contribution in [1.82, 2.24) is 10.2 Å². The van der Waals surface area contributed by atoms with Crippen LogP contribution in [-0.4, -0.2) is 50.5 Å². The topological polar surface area (TPSA) is 86.8 Å². The second-order valence-corrected chi connectivity index (χ2v) is 11.9. The van der Waals surface area contributed by atoms with Crippen molar-refractivity contribution in [2.24, 2.45) is 0 Å². The number of nitrogens with zero attached hydrogens (tertiary/aromatic N) is 2. The number of likely N-dealkylation sites (N-methyl/N-ethyl adjacent to an activating group) is 1. The molecule has 0 spiro atoms. The summed E-state index contributed by atoms with van der Waals surface area (Å²) in [4.78, 5) is 29.0. The number of hydrogen-bond acceptors (Lipinski definition) is 4. The molecule has 0 saturated heterocycles. The van der Waals surface area contributed by atoms with Gasteiger partial charge in [-0.25, -0.2) is 8.42 Å². The summed E-state index contributed by atoms with van der Waals surface area (Å²) >= 11 is 6.24. The molecule has 0 aliphatic carbocycles. The van der Waals surface area contributed by atoms with E-state index in [-0.39, 0.29) is 18.9 Å². The smallest absolute Gasteiger partial charge is 0.244 e. The first-order valence-electron chi connectivity index (χ1n) is 13.0. The molecule has 0 heterocycles. The van der Waals surface area contributed by atoms with Crippen molar-refractivity contribution in [1.29, 1.82) is 0 Å². The minimum atomic E-state index is -3.87. The summed E-state index contributed by atoms with van der Waals surface area (Å²) in [6.07, 6.45) is 1.33. The number of halogens is 1. The van der Waals surface area contributed by atoms with Crippen LogP contribution in [0.2, 0.25) is 5.02 Å². The summed E-state index contributed by atoms with van der Waals surface area (Å²) in [6, 6.07) is 28.3. The molecular weight excluding hydrogens is 546 g/mol. The highest BCUT2D eigenvalue weighted by Crippen LogP contribution is 2.29. The van der Waals surface area contributed by atoms with Crippen LogP contribution in [0.15, 0.2) is 97.1 Å². The maximum atomic E-state index is 14.1. The summed E-state index contributed by atoms with van der Waals surface area (Å²) in [6.45, 7) is 1.79. The third-order valence-corrected chi connectivity index (χ3v) is 7.94. The van der Waals surface area contributed by atoms with E-state index < -0.39 is 28.5 Å². The number of carbonyl (C=O) groups is 2. The summed E-state index contributed by atoms with van der Waals surface area (Å²) in [5, 5.41) is 4.89. The Morgan fingerprint density at radius 2 is 1.52 bits per heavy atom. The van der Waals surface area contributed by atoms with Gasteiger partial charge < -0.3 is 10.2 Å². The van der Waals surface area contributed by atoms with Gasteiger partial charge in [-0.1, -0.05) is 90.5 Å². The molecule has 40 heavy (non-hydrogen) atoms. The lowest BCUT2D eigenvalue weighted by Gasteiger charge is -2.33. The number of nitrogens with one attached hydrogen (secondary N) is 1. The van der Waals surface area contributed by atoms with Crippen molar-refractivity contribution in [3.05, 3.63) is 113 Å². The van der Waals surface area contributed by atoms with Crippen molar-refractivity contribution in [2.45, 2.75) is 25.9 Å². The molecule has 1 N–H and O–H groups in total. The maximum Gasteiger partial charge on any atom is 0.244 e. The zero-order chi connectivity index (χ0) is 28.7. The molecule has 0 fully saturated rings. The van der Waals surface area contributed by atoms with E-state index in [0.717, 1.165) is 27.1 Å². The molecule has 2 amide bonds. The Bertz CT molecular complexity index is 1590. The predicted octanol–water partition coefficient (Wildman–Crippen LogP) is 5.04. The van der Waals surface area contributed by atoms with Crippen LogP contribution in [-0.2, 0) is 32.6 Å². The molecule has 0 unspecified atom stereocenters. The normalized spacial score (nSPS) is 12.1. The molecule has 0 saturated carbocycles. The van der Waals surface area contributed by atoms with Crippen LogP contribution in [0.5, 0.6) is 0 Å². The molecule has 1 atom stereocenters. The van der Waals surface area contributed by atoms with Gasteiger partial charge in [-0.3, -0.25) is 13.9 Å². The SMILES string of the molecule is CCNC(=O)[C@@H](Cc1ccccc1)N(Cc1cccc(Cl)c1)C(=O)CN(c1cccc2ccccc12)S(C)(=O)=O. The van der Waals surface area contributed by atoms with E-state index >= 15 is 0 Å². The Morgan fingerprint density at radius 1 is 0.875 bits per heavy atom. The van der Waals surface area contributed by atoms with Crippen molar-refractivity contribution < 1.29 is 18.0 Å². The van der Waals surface area contributed by atoms with Crippen molar-refractivity contribution in [3.63, 3.8) is 0 Å². The number of carbonyl (C=O) groups excluding carboxylic acids is 2. The molecule has 0 aliphatic rings. The number of fused-ring (bicyclic) bond motifs is 1. The standard InChI is InChI=1S/C31H32ClN3O4S/c1-3-33-31(37)29(20-23-11-5-4-6-12-23)34(21-24-13-9-16-26(32)19-24)30(36)22-35(40(2,38)39)28-18-10-15-25-14-7-8-17-27(25)28/h4-19,29H,3,20-22H2,1-2H3,(H,33,37)/t29-/m1/s1. The second-order valence-electron chi connectivity index (χ2n) is 9.52. The Hall–Kier alpha value is -3.88. The first-order chi connectivity index (χ1) is 19.2. The van der Waals surface area contributed by atoms with Gasteiger partial charge >= 0.3 is 0 Å². The summed E-state index contributed by atoms with van der Waals surface area (Å²) < 4.78 is 27.3. The molecule has 208 valence electrons. The highest BCUT2D eigenvalue weighted by atomic mass is 35.5. The Balaban J connectivity index is 1.77. The van der Waals surface area contributed by atoms with Crippen molar-refractivity contribution in [2.75, 3.05) is 23.7 Å². The van der Waals surface area contributed by atoms with Gasteiger partial charge in [0, 0.05) is 29.9 Å². The fourth-order valence-corrected chi connectivity index (χ4v) is 5.77. The molecule has 0 bridgehead atoms. The zero-order valence-corrected chi connectivity index (χ0v) is 24.0. The maximum absolute atomic E-state index is 14.1. The van der Waals surface area contributed by atoms with Crippen LogP contribution < -0.4 is 9.62 Å². The van der Waals surface area contributed by atoms with Gasteiger partial charge in [0.05, 0.1) is 11.9 Å². The highest BCUT2D eigenvalue weighted by molar-refractivity contribution is 7.92. The minimum absolute atomic E-state index is 0.0706. The Morgan fingerprint density at radius 3 is 2.23 bits per heavy atom. The Kier molecular flexibility index (Phi) is 9.45. The van der Waals surface area contributed by atoms with Gasteiger partial charge in [0.15, 0.2) is 0 Å². The first kappa shape index (κ1) is 29.1. The van der Waals surface area contributed by atoms with Crippen LogP contribution in [0.25, 0.3) is 10.8 Å². The molecule has 0 aromatic heterocycles. The lowest BCUT2D eigenvalue weighted by molar-refractivity contribution is -0.140. The van der Waals surface area contributed by atoms with Crippen LogP contribution in [0.3, 0.4) is 0 Å². The zero-order valence-electron chi connectivity index (χ0n) is 22.5. The number of benzene rings is 4. The molecule has 4 aromatic rings. The van der Waals surface area contributed by atoms with E-state index in [9.17, 15) is 18.0 Å². The molecule has 4 aromatic carbocycles. The van der Waals surface area contributed by atoms with Gasteiger partial charge in [-0.05, 0) is 41.6 Å². The minimum Gasteiger partial charge on any atom is -0.355 e. The van der Waals surface area contributed by atoms with E-state index in [1.54, 1.807) is 30.3 Å². The largest absolute Gasteiger partial charge is 0.355 e. The summed E-state index contributed by atoms with van der Waals surface area (Å²) in [5.74, 6) is -0.830. The fraction of sp³-hybridized carbons (Fsp3) is 0.226. The van der Waals surface area contributed by atoms with Crippen LogP contribution >= 0.6 is 11.6 Å². The predicted molar refractivity (Wildman–Crippen MR) is 161 cm³/mol. The number of rotatable bonds is 11. The van der Waals surface area contributed by atoms with Gasteiger partial charge in [-0.15, -0.1) is 0 Å². The Labute approximate surface area is 240 Å². The molecular formula is C31H32ClN3O4S. The summed E-state index contributed by atoms with van der Waals surface area (Å²) in [7, 11) is -3.87. The van der Waals surface area contributed by atoms with E-state index in [1.165, 1.54) is 4.90 Å². The number of anilines is 1.